The Morgan fingerprint density at radius 3 is 1.44 bits per heavy atom. The monoisotopic (exact) mass is 386 g/mol. The number of alkyl halides is 2. The summed E-state index contributed by atoms with van der Waals surface area (Å²) in [5.41, 5.74) is 0. The van der Waals surface area contributed by atoms with E-state index in [2.05, 4.69) is 0 Å². The molecule has 0 radical (unpaired) electrons. The molecule has 144 valence electrons. The largest absolute Gasteiger partial charge is 0.374 e. The van der Waals surface area contributed by atoms with Crippen LogP contribution in [-0.4, -0.2) is 24.0 Å². The molecule has 0 aromatic carbocycles. The van der Waals surface area contributed by atoms with Crippen LogP contribution in [0.2, 0.25) is 0 Å². The Bertz CT molecular complexity index is 390. The molecule has 4 aliphatic rings. The summed E-state index contributed by atoms with van der Waals surface area (Å²) in [6.45, 7) is 0. The summed E-state index contributed by atoms with van der Waals surface area (Å²) < 4.78 is 6.87. The minimum absolute atomic E-state index is 0.396. The molecule has 4 rings (SSSR count). The minimum atomic E-state index is 0.396. The van der Waals surface area contributed by atoms with Gasteiger partial charge in [0, 0.05) is 23.6 Å². The molecule has 0 amide bonds. The van der Waals surface area contributed by atoms with Gasteiger partial charge in [-0.1, -0.05) is 38.5 Å². The maximum absolute atomic E-state index is 6.87. The van der Waals surface area contributed by atoms with Gasteiger partial charge in [0.25, 0.3) is 0 Å². The van der Waals surface area contributed by atoms with Gasteiger partial charge in [-0.3, -0.25) is 0 Å². The molecule has 0 aromatic rings. The SMILES string of the molecule is ClCC1C(OC2CCC3CCCCC3C2CCl)CCC2CCCCC21. The smallest absolute Gasteiger partial charge is 0.0621 e. The first kappa shape index (κ1) is 18.9. The van der Waals surface area contributed by atoms with E-state index >= 15 is 0 Å². The van der Waals surface area contributed by atoms with Crippen molar-refractivity contribution in [2.24, 2.45) is 35.5 Å². The number of fused-ring (bicyclic) bond motifs is 2. The Balaban J connectivity index is 1.43. The molecule has 0 bridgehead atoms. The van der Waals surface area contributed by atoms with E-state index in [1.807, 2.05) is 0 Å². The van der Waals surface area contributed by atoms with E-state index in [4.69, 9.17) is 27.9 Å². The van der Waals surface area contributed by atoms with Gasteiger partial charge in [-0.05, 0) is 62.2 Å². The molecular weight excluding hydrogens is 351 g/mol. The fourth-order valence-electron chi connectivity index (χ4n) is 7.04. The molecule has 8 unspecified atom stereocenters. The summed E-state index contributed by atoms with van der Waals surface area (Å²) in [5, 5.41) is 0. The van der Waals surface area contributed by atoms with Gasteiger partial charge in [-0.15, -0.1) is 23.2 Å². The van der Waals surface area contributed by atoms with Crippen LogP contribution < -0.4 is 0 Å². The van der Waals surface area contributed by atoms with Crippen molar-refractivity contribution < 1.29 is 4.74 Å². The van der Waals surface area contributed by atoms with Crippen molar-refractivity contribution in [3.8, 4) is 0 Å². The van der Waals surface area contributed by atoms with E-state index in [-0.39, 0.29) is 0 Å². The van der Waals surface area contributed by atoms with E-state index in [9.17, 15) is 0 Å². The summed E-state index contributed by atoms with van der Waals surface area (Å²) >= 11 is 13.0. The number of hydrogen-bond donors (Lipinski definition) is 0. The zero-order chi connectivity index (χ0) is 17.2. The van der Waals surface area contributed by atoms with E-state index in [1.54, 1.807) is 0 Å². The van der Waals surface area contributed by atoms with Crippen LogP contribution in [0, 0.1) is 35.5 Å². The lowest BCUT2D eigenvalue weighted by Crippen LogP contribution is -2.48. The van der Waals surface area contributed by atoms with Gasteiger partial charge >= 0.3 is 0 Å². The number of ether oxygens (including phenoxy) is 1. The van der Waals surface area contributed by atoms with Gasteiger partial charge in [-0.25, -0.2) is 0 Å². The summed E-state index contributed by atoms with van der Waals surface area (Å²) in [6, 6.07) is 0. The minimum Gasteiger partial charge on any atom is -0.374 e. The highest BCUT2D eigenvalue weighted by Gasteiger charge is 2.45. The topological polar surface area (TPSA) is 9.23 Å². The number of rotatable bonds is 4. The second kappa shape index (κ2) is 8.70. The van der Waals surface area contributed by atoms with Crippen molar-refractivity contribution in [3.05, 3.63) is 0 Å². The van der Waals surface area contributed by atoms with E-state index in [0.717, 1.165) is 35.4 Å². The Hall–Kier alpha value is 0.540. The molecule has 3 heteroatoms. The molecule has 25 heavy (non-hydrogen) atoms. The van der Waals surface area contributed by atoms with Crippen LogP contribution in [0.4, 0.5) is 0 Å². The third-order valence-corrected chi connectivity index (χ3v) is 9.05. The average molecular weight is 387 g/mol. The molecule has 0 aliphatic heterocycles. The van der Waals surface area contributed by atoms with E-state index < -0.39 is 0 Å². The van der Waals surface area contributed by atoms with Crippen LogP contribution in [-0.2, 0) is 4.74 Å². The number of hydrogen-bond acceptors (Lipinski definition) is 1. The Morgan fingerprint density at radius 2 is 1.00 bits per heavy atom. The van der Waals surface area contributed by atoms with Gasteiger partial charge in [-0.2, -0.15) is 0 Å². The molecule has 0 spiro atoms. The van der Waals surface area contributed by atoms with Crippen LogP contribution in [0.1, 0.15) is 77.0 Å². The van der Waals surface area contributed by atoms with Crippen LogP contribution in [0.5, 0.6) is 0 Å². The van der Waals surface area contributed by atoms with Gasteiger partial charge in [0.15, 0.2) is 0 Å². The number of halogens is 2. The van der Waals surface area contributed by atoms with Gasteiger partial charge < -0.3 is 4.74 Å². The van der Waals surface area contributed by atoms with Gasteiger partial charge in [0.05, 0.1) is 12.2 Å². The lowest BCUT2D eigenvalue weighted by Gasteiger charge is -2.49. The quantitative estimate of drug-likeness (QED) is 0.491. The maximum Gasteiger partial charge on any atom is 0.0621 e. The molecule has 0 saturated heterocycles. The summed E-state index contributed by atoms with van der Waals surface area (Å²) in [5.74, 6) is 6.25. The zero-order valence-electron chi connectivity index (χ0n) is 15.7. The van der Waals surface area contributed by atoms with Crippen molar-refractivity contribution in [2.45, 2.75) is 89.3 Å². The Kier molecular flexibility index (Phi) is 6.57. The third-order valence-electron chi connectivity index (χ3n) is 8.34. The first-order valence-corrected chi connectivity index (χ1v) is 12.2. The predicted octanol–water partition coefficient (Wildman–Crippen LogP) is 6.65. The first-order chi connectivity index (χ1) is 12.3. The van der Waals surface area contributed by atoms with Crippen molar-refractivity contribution in [3.63, 3.8) is 0 Å². The third kappa shape index (κ3) is 3.90. The highest BCUT2D eigenvalue weighted by Crippen LogP contribution is 2.49. The summed E-state index contributed by atoms with van der Waals surface area (Å²) in [4.78, 5) is 0. The maximum atomic E-state index is 6.87. The summed E-state index contributed by atoms with van der Waals surface area (Å²) in [6.07, 6.45) is 17.3. The fraction of sp³-hybridized carbons (Fsp3) is 1.00. The fourth-order valence-corrected chi connectivity index (χ4v) is 7.90. The van der Waals surface area contributed by atoms with Crippen LogP contribution in [0.25, 0.3) is 0 Å². The highest BCUT2D eigenvalue weighted by molar-refractivity contribution is 6.18. The van der Waals surface area contributed by atoms with E-state index in [0.29, 0.717) is 24.0 Å². The first-order valence-electron chi connectivity index (χ1n) is 11.1. The lowest BCUT2D eigenvalue weighted by molar-refractivity contribution is -0.133. The summed E-state index contributed by atoms with van der Waals surface area (Å²) in [7, 11) is 0. The van der Waals surface area contributed by atoms with E-state index in [1.165, 1.54) is 77.0 Å². The van der Waals surface area contributed by atoms with Crippen LogP contribution in [0.3, 0.4) is 0 Å². The molecule has 4 saturated carbocycles. The molecule has 4 fully saturated rings. The molecule has 0 N–H and O–H groups in total. The Morgan fingerprint density at radius 1 is 0.560 bits per heavy atom. The molecular formula is C22H36Cl2O. The van der Waals surface area contributed by atoms with Gasteiger partial charge in [0.1, 0.15) is 0 Å². The Labute approximate surface area is 164 Å². The van der Waals surface area contributed by atoms with Crippen molar-refractivity contribution in [1.29, 1.82) is 0 Å². The second-order valence-corrected chi connectivity index (χ2v) is 10.0. The zero-order valence-corrected chi connectivity index (χ0v) is 17.2. The lowest BCUT2D eigenvalue weighted by atomic mass is 9.64. The normalized spacial score (nSPS) is 47.8. The van der Waals surface area contributed by atoms with Crippen molar-refractivity contribution >= 4 is 23.2 Å². The molecule has 4 aliphatic carbocycles. The van der Waals surface area contributed by atoms with Crippen molar-refractivity contribution in [2.75, 3.05) is 11.8 Å². The van der Waals surface area contributed by atoms with Crippen LogP contribution in [0.15, 0.2) is 0 Å². The molecule has 8 atom stereocenters. The molecule has 0 aromatic heterocycles. The predicted molar refractivity (Wildman–Crippen MR) is 106 cm³/mol. The second-order valence-electron chi connectivity index (χ2n) is 9.42. The molecule has 1 nitrogen and oxygen atoms in total. The van der Waals surface area contributed by atoms with Crippen molar-refractivity contribution in [1.82, 2.24) is 0 Å². The van der Waals surface area contributed by atoms with Crippen LogP contribution >= 0.6 is 23.2 Å². The average Bonchev–Trinajstić information content (AvgIpc) is 2.67. The molecule has 0 heterocycles. The van der Waals surface area contributed by atoms with Gasteiger partial charge in [0.2, 0.25) is 0 Å². The standard InChI is InChI=1S/C22H36Cl2O/c23-13-19-17-7-3-1-5-15(17)9-11-21(19)25-22-12-10-16-6-2-4-8-18(16)20(22)14-24/h15-22H,1-14H2. The highest BCUT2D eigenvalue weighted by atomic mass is 35.5.